The summed E-state index contributed by atoms with van der Waals surface area (Å²) in [5, 5.41) is 4.51. The smallest absolute Gasteiger partial charge is 0.263 e. The first-order valence-electron chi connectivity index (χ1n) is 10.6. The fourth-order valence-electron chi connectivity index (χ4n) is 3.88. The number of carbonyl (C=O) groups is 1. The predicted octanol–water partition coefficient (Wildman–Crippen LogP) is 4.77. The van der Waals surface area contributed by atoms with Crippen LogP contribution in [0.5, 0.6) is 0 Å². The number of thiophene rings is 1. The highest BCUT2D eigenvalue weighted by molar-refractivity contribution is 7.99. The van der Waals surface area contributed by atoms with Gasteiger partial charge in [-0.15, -0.1) is 17.9 Å². The van der Waals surface area contributed by atoms with Gasteiger partial charge in [-0.3, -0.25) is 19.5 Å². The van der Waals surface area contributed by atoms with E-state index in [4.69, 9.17) is 4.98 Å². The Bertz CT molecular complexity index is 1390. The standard InChI is InChI=1S/C23H21N5O2S3/c1-2-12-28-21(30)18-15-10-6-7-11-16(15)32-20(18)26-23(28)31-13-17(29)24-22-25-19(27-33-22)14-8-4-3-5-9-14/h2-5,8-9H,1,6-7,10-13H2,(H,24,25,27,29). The van der Waals surface area contributed by atoms with E-state index in [-0.39, 0.29) is 17.2 Å². The molecule has 0 aliphatic heterocycles. The van der Waals surface area contributed by atoms with E-state index in [2.05, 4.69) is 21.3 Å². The summed E-state index contributed by atoms with van der Waals surface area (Å²) in [7, 11) is 0. The Balaban J connectivity index is 1.34. The molecule has 3 heterocycles. The lowest BCUT2D eigenvalue weighted by Crippen LogP contribution is -2.24. The number of aryl methyl sites for hydroxylation is 2. The van der Waals surface area contributed by atoms with Gasteiger partial charge in [-0.25, -0.2) is 4.98 Å². The number of carbonyl (C=O) groups excluding carboxylic acids is 1. The summed E-state index contributed by atoms with van der Waals surface area (Å²) in [6, 6.07) is 9.61. The van der Waals surface area contributed by atoms with Crippen molar-refractivity contribution in [1.29, 1.82) is 0 Å². The molecule has 5 rings (SSSR count). The number of allylic oxidation sites excluding steroid dienone is 1. The van der Waals surface area contributed by atoms with Gasteiger partial charge >= 0.3 is 0 Å². The summed E-state index contributed by atoms with van der Waals surface area (Å²) >= 11 is 4.00. The van der Waals surface area contributed by atoms with Crippen LogP contribution >= 0.6 is 34.6 Å². The number of nitrogens with zero attached hydrogens (tertiary/aromatic N) is 4. The van der Waals surface area contributed by atoms with Crippen molar-refractivity contribution in [3.05, 3.63) is 63.8 Å². The molecule has 4 aromatic rings. The van der Waals surface area contributed by atoms with Crippen LogP contribution in [0.2, 0.25) is 0 Å². The number of aromatic nitrogens is 4. The van der Waals surface area contributed by atoms with Gasteiger partial charge in [0.2, 0.25) is 11.0 Å². The second-order valence-corrected chi connectivity index (χ2v) is 10.4. The van der Waals surface area contributed by atoms with Gasteiger partial charge in [-0.1, -0.05) is 48.2 Å². The molecule has 1 aromatic carbocycles. The normalized spacial score (nSPS) is 13.1. The Morgan fingerprint density at radius 3 is 2.85 bits per heavy atom. The van der Waals surface area contributed by atoms with Crippen LogP contribution in [0, 0.1) is 0 Å². The molecule has 0 bridgehead atoms. The van der Waals surface area contributed by atoms with Crippen molar-refractivity contribution in [1.82, 2.24) is 18.9 Å². The summed E-state index contributed by atoms with van der Waals surface area (Å²) < 4.78 is 5.93. The van der Waals surface area contributed by atoms with Gasteiger partial charge in [0.1, 0.15) is 4.83 Å². The topological polar surface area (TPSA) is 89.8 Å². The number of anilines is 1. The van der Waals surface area contributed by atoms with Crippen LogP contribution in [0.3, 0.4) is 0 Å². The quantitative estimate of drug-likeness (QED) is 0.226. The number of nitrogens with one attached hydrogen (secondary N) is 1. The Morgan fingerprint density at radius 2 is 2.03 bits per heavy atom. The van der Waals surface area contributed by atoms with Crippen molar-refractivity contribution in [3.63, 3.8) is 0 Å². The molecule has 33 heavy (non-hydrogen) atoms. The number of benzene rings is 1. The summed E-state index contributed by atoms with van der Waals surface area (Å²) in [6.45, 7) is 4.14. The number of thioether (sulfide) groups is 1. The number of amides is 1. The molecule has 10 heteroatoms. The van der Waals surface area contributed by atoms with Gasteiger partial charge in [0.05, 0.1) is 11.1 Å². The maximum atomic E-state index is 13.3. The largest absolute Gasteiger partial charge is 0.300 e. The fourth-order valence-corrected chi connectivity index (χ4v) is 6.60. The predicted molar refractivity (Wildman–Crippen MR) is 135 cm³/mol. The molecule has 0 saturated heterocycles. The lowest BCUT2D eigenvalue weighted by Gasteiger charge is -2.12. The Kier molecular flexibility index (Phi) is 6.39. The Morgan fingerprint density at radius 1 is 1.21 bits per heavy atom. The highest BCUT2D eigenvalue weighted by Gasteiger charge is 2.22. The van der Waals surface area contributed by atoms with Gasteiger partial charge in [0, 0.05) is 28.5 Å². The number of fused-ring (bicyclic) bond motifs is 3. The lowest BCUT2D eigenvalue weighted by molar-refractivity contribution is -0.113. The number of hydrogen-bond donors (Lipinski definition) is 1. The lowest BCUT2D eigenvalue weighted by atomic mass is 9.97. The Labute approximate surface area is 202 Å². The molecule has 1 aliphatic rings. The molecule has 0 atom stereocenters. The molecule has 1 aliphatic carbocycles. The van der Waals surface area contributed by atoms with E-state index < -0.39 is 0 Å². The molecule has 0 radical (unpaired) electrons. The molecule has 168 valence electrons. The molecular formula is C23H21N5O2S3. The zero-order valence-electron chi connectivity index (χ0n) is 17.7. The third-order valence-electron chi connectivity index (χ3n) is 5.39. The third-order valence-corrected chi connectivity index (χ3v) is 8.18. The molecule has 0 spiro atoms. The number of hydrogen-bond acceptors (Lipinski definition) is 8. The maximum Gasteiger partial charge on any atom is 0.263 e. The summed E-state index contributed by atoms with van der Waals surface area (Å²) in [5.74, 6) is 0.471. The SMILES string of the molecule is C=CCn1c(SCC(=O)Nc2nc(-c3ccccc3)ns2)nc2sc3c(c2c1=O)CCCC3. The minimum atomic E-state index is -0.222. The van der Waals surface area contributed by atoms with Crippen LogP contribution in [0.4, 0.5) is 5.13 Å². The summed E-state index contributed by atoms with van der Waals surface area (Å²) in [6.07, 6.45) is 5.88. The van der Waals surface area contributed by atoms with Gasteiger partial charge in [0.25, 0.3) is 5.56 Å². The molecule has 0 saturated carbocycles. The van der Waals surface area contributed by atoms with Crippen molar-refractivity contribution in [2.45, 2.75) is 37.4 Å². The maximum absolute atomic E-state index is 13.3. The van der Waals surface area contributed by atoms with Crippen LogP contribution in [0.1, 0.15) is 23.3 Å². The Hall–Kier alpha value is -2.82. The van der Waals surface area contributed by atoms with Crippen molar-refractivity contribution in [2.75, 3.05) is 11.1 Å². The zero-order chi connectivity index (χ0) is 22.8. The van der Waals surface area contributed by atoms with Crippen molar-refractivity contribution in [2.24, 2.45) is 0 Å². The molecule has 3 aromatic heterocycles. The molecule has 1 amide bonds. The van der Waals surface area contributed by atoms with Crippen LogP contribution in [0.25, 0.3) is 21.6 Å². The van der Waals surface area contributed by atoms with Gasteiger partial charge in [0.15, 0.2) is 11.0 Å². The summed E-state index contributed by atoms with van der Waals surface area (Å²) in [4.78, 5) is 37.1. The van der Waals surface area contributed by atoms with Crippen molar-refractivity contribution < 1.29 is 4.79 Å². The fraction of sp³-hybridized carbons (Fsp3) is 0.261. The minimum Gasteiger partial charge on any atom is -0.300 e. The minimum absolute atomic E-state index is 0.0427. The van der Waals surface area contributed by atoms with E-state index >= 15 is 0 Å². The first kappa shape index (κ1) is 22.0. The number of rotatable bonds is 7. The van der Waals surface area contributed by atoms with E-state index in [9.17, 15) is 9.59 Å². The highest BCUT2D eigenvalue weighted by atomic mass is 32.2. The van der Waals surface area contributed by atoms with Crippen molar-refractivity contribution in [3.8, 4) is 11.4 Å². The molecule has 0 fully saturated rings. The average Bonchev–Trinajstić information content (AvgIpc) is 3.45. The van der Waals surface area contributed by atoms with Gasteiger partial charge in [-0.05, 0) is 31.2 Å². The van der Waals surface area contributed by atoms with Crippen LogP contribution < -0.4 is 10.9 Å². The van der Waals surface area contributed by atoms with E-state index in [1.807, 2.05) is 30.3 Å². The van der Waals surface area contributed by atoms with Crippen molar-refractivity contribution >= 4 is 55.9 Å². The summed E-state index contributed by atoms with van der Waals surface area (Å²) in [5.41, 5.74) is 2.02. The van der Waals surface area contributed by atoms with E-state index in [0.29, 0.717) is 22.7 Å². The zero-order valence-corrected chi connectivity index (χ0v) is 20.2. The molecule has 1 N–H and O–H groups in total. The van der Waals surface area contributed by atoms with Crippen LogP contribution in [0.15, 0.2) is 52.9 Å². The highest BCUT2D eigenvalue weighted by Crippen LogP contribution is 2.34. The average molecular weight is 496 g/mol. The second-order valence-electron chi connectivity index (χ2n) is 7.62. The van der Waals surface area contributed by atoms with Crippen LogP contribution in [-0.4, -0.2) is 30.6 Å². The van der Waals surface area contributed by atoms with E-state index in [1.165, 1.54) is 16.6 Å². The molecular weight excluding hydrogens is 474 g/mol. The van der Waals surface area contributed by atoms with Gasteiger partial charge in [-0.2, -0.15) is 9.36 Å². The second kappa shape index (κ2) is 9.58. The third kappa shape index (κ3) is 4.50. The molecule has 0 unspecified atom stereocenters. The van der Waals surface area contributed by atoms with E-state index in [0.717, 1.165) is 58.6 Å². The van der Waals surface area contributed by atoms with Gasteiger partial charge < -0.3 is 0 Å². The monoisotopic (exact) mass is 495 g/mol. The first-order valence-corrected chi connectivity index (χ1v) is 13.2. The van der Waals surface area contributed by atoms with Crippen LogP contribution in [-0.2, 0) is 24.2 Å². The molecule has 7 nitrogen and oxygen atoms in total. The van der Waals surface area contributed by atoms with E-state index in [1.54, 1.807) is 22.0 Å². The first-order chi connectivity index (χ1) is 16.1.